The molecular weight excluding hydrogens is 288 g/mol. The lowest BCUT2D eigenvalue weighted by atomic mass is 10.3. The molecule has 1 aromatic rings. The van der Waals surface area contributed by atoms with E-state index in [2.05, 4.69) is 16.8 Å². The lowest BCUT2D eigenvalue weighted by Crippen LogP contribution is -2.43. The van der Waals surface area contributed by atoms with Gasteiger partial charge in [-0.05, 0) is 33.6 Å². The number of hydrogen-bond donors (Lipinski definition) is 0. The van der Waals surface area contributed by atoms with Gasteiger partial charge in [-0.15, -0.1) is 16.8 Å². The Bertz CT molecular complexity index is 624. The fourth-order valence-electron chi connectivity index (χ4n) is 2.15. The number of rotatable bonds is 6. The van der Waals surface area contributed by atoms with Crippen LogP contribution in [0.25, 0.3) is 0 Å². The van der Waals surface area contributed by atoms with Crippen LogP contribution in [0.5, 0.6) is 0 Å². The van der Waals surface area contributed by atoms with Gasteiger partial charge in [0.05, 0.1) is 11.3 Å². The average molecular weight is 312 g/mol. The molecule has 0 aliphatic heterocycles. The van der Waals surface area contributed by atoms with Crippen molar-refractivity contribution in [2.75, 3.05) is 6.54 Å². The molecule has 0 amide bonds. The van der Waals surface area contributed by atoms with Crippen LogP contribution < -0.4 is 0 Å². The van der Waals surface area contributed by atoms with Gasteiger partial charge in [-0.2, -0.15) is 4.31 Å². The van der Waals surface area contributed by atoms with Crippen LogP contribution in [-0.4, -0.2) is 38.8 Å². The van der Waals surface area contributed by atoms with Crippen molar-refractivity contribution >= 4 is 10.0 Å². The van der Waals surface area contributed by atoms with Crippen LogP contribution in [0, 0.1) is 0 Å². The summed E-state index contributed by atoms with van der Waals surface area (Å²) in [6.45, 7) is 9.25. The Balaban J connectivity index is 2.26. The van der Waals surface area contributed by atoms with E-state index >= 15 is 0 Å². The third-order valence-corrected chi connectivity index (χ3v) is 6.21. The first-order valence-electron chi connectivity index (χ1n) is 7.17. The number of aromatic nitrogens is 3. The molecule has 0 radical (unpaired) electrons. The van der Waals surface area contributed by atoms with E-state index < -0.39 is 14.8 Å². The fourth-order valence-corrected chi connectivity index (χ4v) is 3.51. The molecule has 6 nitrogen and oxygen atoms in total. The second-order valence-corrected chi connectivity index (χ2v) is 9.20. The van der Waals surface area contributed by atoms with Crippen molar-refractivity contribution in [1.29, 1.82) is 0 Å². The maximum Gasteiger partial charge on any atom is 0.219 e. The predicted octanol–water partition coefficient (Wildman–Crippen LogP) is 1.81. The molecule has 0 unspecified atom stereocenters. The molecule has 7 heteroatoms. The molecule has 0 bridgehead atoms. The highest BCUT2D eigenvalue weighted by atomic mass is 32.2. The normalized spacial score (nSPS) is 16.4. The van der Waals surface area contributed by atoms with Crippen LogP contribution in [0.3, 0.4) is 0 Å². The zero-order valence-corrected chi connectivity index (χ0v) is 14.0. The van der Waals surface area contributed by atoms with E-state index in [1.807, 2.05) is 11.6 Å². The van der Waals surface area contributed by atoms with E-state index in [4.69, 9.17) is 0 Å². The SMILES string of the molecule is C=CCN(Cc1nnc(C2CC2)n1C)S(=O)(=O)C(C)(C)C. The highest BCUT2D eigenvalue weighted by Gasteiger charge is 2.36. The summed E-state index contributed by atoms with van der Waals surface area (Å²) in [7, 11) is -1.53. The van der Waals surface area contributed by atoms with Crippen LogP contribution in [0.2, 0.25) is 0 Å². The van der Waals surface area contributed by atoms with E-state index in [-0.39, 0.29) is 13.1 Å². The second kappa shape index (κ2) is 5.53. The third kappa shape index (κ3) is 3.18. The molecule has 1 aliphatic rings. The molecule has 118 valence electrons. The quantitative estimate of drug-likeness (QED) is 0.751. The Morgan fingerprint density at radius 3 is 2.48 bits per heavy atom. The van der Waals surface area contributed by atoms with Gasteiger partial charge in [0.25, 0.3) is 0 Å². The van der Waals surface area contributed by atoms with Gasteiger partial charge in [-0.3, -0.25) is 0 Å². The molecule has 1 aliphatic carbocycles. The Morgan fingerprint density at radius 1 is 1.38 bits per heavy atom. The lowest BCUT2D eigenvalue weighted by molar-refractivity contribution is 0.404. The Labute approximate surface area is 126 Å². The van der Waals surface area contributed by atoms with Crippen LogP contribution in [0.15, 0.2) is 12.7 Å². The monoisotopic (exact) mass is 312 g/mol. The molecular formula is C14H24N4O2S. The van der Waals surface area contributed by atoms with E-state index in [0.29, 0.717) is 11.7 Å². The summed E-state index contributed by atoms with van der Waals surface area (Å²) in [6.07, 6.45) is 3.88. The second-order valence-electron chi connectivity index (χ2n) is 6.51. The van der Waals surface area contributed by atoms with E-state index in [1.54, 1.807) is 26.8 Å². The molecule has 1 aromatic heterocycles. The molecule has 1 heterocycles. The summed E-state index contributed by atoms with van der Waals surface area (Å²) in [5.74, 6) is 2.12. The summed E-state index contributed by atoms with van der Waals surface area (Å²) in [5.41, 5.74) is 0. The maximum atomic E-state index is 12.6. The largest absolute Gasteiger partial charge is 0.317 e. The minimum Gasteiger partial charge on any atom is -0.317 e. The molecule has 1 fully saturated rings. The summed E-state index contributed by atoms with van der Waals surface area (Å²) >= 11 is 0. The molecule has 1 saturated carbocycles. The van der Waals surface area contributed by atoms with E-state index in [1.165, 1.54) is 4.31 Å². The minimum atomic E-state index is -3.43. The Morgan fingerprint density at radius 2 is 2.00 bits per heavy atom. The van der Waals surface area contributed by atoms with Crippen molar-refractivity contribution in [3.8, 4) is 0 Å². The average Bonchev–Trinajstić information content (AvgIpc) is 3.14. The van der Waals surface area contributed by atoms with Gasteiger partial charge in [-0.25, -0.2) is 8.42 Å². The van der Waals surface area contributed by atoms with Gasteiger partial charge >= 0.3 is 0 Å². The smallest absolute Gasteiger partial charge is 0.219 e. The van der Waals surface area contributed by atoms with Crippen molar-refractivity contribution in [1.82, 2.24) is 19.1 Å². The van der Waals surface area contributed by atoms with Gasteiger partial charge in [0.1, 0.15) is 11.6 Å². The predicted molar refractivity (Wildman–Crippen MR) is 82.3 cm³/mol. The van der Waals surface area contributed by atoms with Gasteiger partial charge in [0.15, 0.2) is 0 Å². The zero-order chi connectivity index (χ0) is 15.8. The Kier molecular flexibility index (Phi) is 4.26. The summed E-state index contributed by atoms with van der Waals surface area (Å²) < 4.78 is 27.7. The van der Waals surface area contributed by atoms with Crippen LogP contribution in [0.4, 0.5) is 0 Å². The fraction of sp³-hybridized carbons (Fsp3) is 0.714. The first kappa shape index (κ1) is 16.2. The van der Waals surface area contributed by atoms with Crippen molar-refractivity contribution < 1.29 is 8.42 Å². The minimum absolute atomic E-state index is 0.224. The highest BCUT2D eigenvalue weighted by Crippen LogP contribution is 2.38. The van der Waals surface area contributed by atoms with Gasteiger partial charge in [0, 0.05) is 19.5 Å². The highest BCUT2D eigenvalue weighted by molar-refractivity contribution is 7.90. The molecule has 0 saturated heterocycles. The van der Waals surface area contributed by atoms with Crippen LogP contribution in [-0.2, 0) is 23.6 Å². The molecule has 0 aromatic carbocycles. The van der Waals surface area contributed by atoms with E-state index in [0.717, 1.165) is 18.7 Å². The van der Waals surface area contributed by atoms with Crippen LogP contribution in [0.1, 0.15) is 51.2 Å². The molecule has 0 N–H and O–H groups in total. The molecule has 21 heavy (non-hydrogen) atoms. The van der Waals surface area contributed by atoms with E-state index in [9.17, 15) is 8.42 Å². The lowest BCUT2D eigenvalue weighted by Gasteiger charge is -2.28. The van der Waals surface area contributed by atoms with Gasteiger partial charge in [-0.1, -0.05) is 6.08 Å². The van der Waals surface area contributed by atoms with Crippen molar-refractivity contribution in [2.24, 2.45) is 7.05 Å². The number of sulfonamides is 1. The molecule has 2 rings (SSSR count). The number of hydrogen-bond acceptors (Lipinski definition) is 4. The zero-order valence-electron chi connectivity index (χ0n) is 13.2. The molecule has 0 atom stereocenters. The van der Waals surface area contributed by atoms with Crippen molar-refractivity contribution in [3.05, 3.63) is 24.3 Å². The van der Waals surface area contributed by atoms with Crippen molar-refractivity contribution in [3.63, 3.8) is 0 Å². The topological polar surface area (TPSA) is 68.1 Å². The number of nitrogens with zero attached hydrogens (tertiary/aromatic N) is 4. The standard InChI is InChI=1S/C14H24N4O2S/c1-6-9-18(21(19,20)14(2,3)4)10-12-15-16-13(17(12)5)11-7-8-11/h6,11H,1,7-10H2,2-5H3. The summed E-state index contributed by atoms with van der Waals surface area (Å²) in [4.78, 5) is 0. The Hall–Kier alpha value is -1.21. The van der Waals surface area contributed by atoms with Crippen molar-refractivity contribution in [2.45, 2.75) is 50.8 Å². The molecule has 0 spiro atoms. The third-order valence-electron chi connectivity index (χ3n) is 3.71. The summed E-state index contributed by atoms with van der Waals surface area (Å²) in [5, 5.41) is 8.37. The van der Waals surface area contributed by atoms with Gasteiger partial charge < -0.3 is 4.57 Å². The first-order chi connectivity index (χ1) is 9.68. The van der Waals surface area contributed by atoms with Crippen LogP contribution >= 0.6 is 0 Å². The maximum absolute atomic E-state index is 12.6. The first-order valence-corrected chi connectivity index (χ1v) is 8.61. The van der Waals surface area contributed by atoms with Gasteiger partial charge in [0.2, 0.25) is 10.0 Å². The summed E-state index contributed by atoms with van der Waals surface area (Å²) in [6, 6.07) is 0.